The maximum Gasteiger partial charge on any atom is 0.251 e. The second kappa shape index (κ2) is 8.54. The van der Waals surface area contributed by atoms with Gasteiger partial charge in [-0.15, -0.1) is 0 Å². The molecule has 1 amide bonds. The van der Waals surface area contributed by atoms with Crippen LogP contribution in [0.15, 0.2) is 60.9 Å². The molecule has 1 atom stereocenters. The van der Waals surface area contributed by atoms with Gasteiger partial charge in [-0.1, -0.05) is 29.8 Å². The molecule has 0 fully saturated rings. The van der Waals surface area contributed by atoms with Crippen molar-refractivity contribution in [2.75, 3.05) is 6.61 Å². The van der Waals surface area contributed by atoms with Crippen LogP contribution >= 0.6 is 0 Å². The van der Waals surface area contributed by atoms with Crippen LogP contribution in [0.5, 0.6) is 5.75 Å². The van der Waals surface area contributed by atoms with Gasteiger partial charge in [-0.25, -0.2) is 4.98 Å². The highest BCUT2D eigenvalue weighted by molar-refractivity contribution is 5.94. The van der Waals surface area contributed by atoms with E-state index in [1.54, 1.807) is 6.20 Å². The quantitative estimate of drug-likeness (QED) is 0.696. The van der Waals surface area contributed by atoms with Gasteiger partial charge in [-0.2, -0.15) is 0 Å². The lowest BCUT2D eigenvalue weighted by molar-refractivity contribution is 0.0926. The van der Waals surface area contributed by atoms with Gasteiger partial charge in [-0.3, -0.25) is 4.79 Å². The molecular formula is C22H25N3O2. The van der Waals surface area contributed by atoms with Crippen LogP contribution in [0.25, 0.3) is 0 Å². The van der Waals surface area contributed by atoms with E-state index in [4.69, 9.17) is 4.74 Å². The number of hydrogen-bond acceptors (Lipinski definition) is 3. The summed E-state index contributed by atoms with van der Waals surface area (Å²) in [5, 5.41) is 2.97. The van der Waals surface area contributed by atoms with Crippen molar-refractivity contribution >= 4 is 5.91 Å². The lowest BCUT2D eigenvalue weighted by Gasteiger charge is -2.15. The van der Waals surface area contributed by atoms with Crippen molar-refractivity contribution in [2.45, 2.75) is 33.4 Å². The number of rotatable bonds is 7. The predicted molar refractivity (Wildman–Crippen MR) is 106 cm³/mol. The van der Waals surface area contributed by atoms with Crippen molar-refractivity contribution in [3.8, 4) is 5.75 Å². The van der Waals surface area contributed by atoms with Crippen LogP contribution in [0.1, 0.15) is 34.2 Å². The van der Waals surface area contributed by atoms with E-state index >= 15 is 0 Å². The van der Waals surface area contributed by atoms with E-state index in [1.807, 2.05) is 75.5 Å². The number of carbonyl (C=O) groups is 1. The van der Waals surface area contributed by atoms with Crippen molar-refractivity contribution in [3.05, 3.63) is 83.4 Å². The minimum atomic E-state index is -0.0969. The summed E-state index contributed by atoms with van der Waals surface area (Å²) in [4.78, 5) is 16.6. The highest BCUT2D eigenvalue weighted by Gasteiger charge is 2.11. The Morgan fingerprint density at radius 3 is 2.44 bits per heavy atom. The second-order valence-electron chi connectivity index (χ2n) is 6.80. The van der Waals surface area contributed by atoms with Crippen molar-refractivity contribution in [1.82, 2.24) is 14.9 Å². The first-order valence-electron chi connectivity index (χ1n) is 9.08. The maximum absolute atomic E-state index is 12.4. The average Bonchev–Trinajstić information content (AvgIpc) is 3.06. The minimum absolute atomic E-state index is 0.0907. The Bertz CT molecular complexity index is 883. The Morgan fingerprint density at radius 2 is 1.81 bits per heavy atom. The molecular weight excluding hydrogens is 338 g/mol. The maximum atomic E-state index is 12.4. The smallest absolute Gasteiger partial charge is 0.251 e. The number of imidazole rings is 1. The molecule has 3 aromatic rings. The third kappa shape index (κ3) is 5.20. The number of benzene rings is 2. The lowest BCUT2D eigenvalue weighted by Crippen LogP contribution is -2.36. The lowest BCUT2D eigenvalue weighted by atomic mass is 10.1. The van der Waals surface area contributed by atoms with E-state index in [2.05, 4.69) is 14.9 Å². The molecule has 0 spiro atoms. The summed E-state index contributed by atoms with van der Waals surface area (Å²) in [6.45, 7) is 7.11. The van der Waals surface area contributed by atoms with Crippen LogP contribution in [0, 0.1) is 13.8 Å². The number of nitrogens with one attached hydrogen (secondary N) is 1. The van der Waals surface area contributed by atoms with Gasteiger partial charge in [0.1, 0.15) is 18.2 Å². The summed E-state index contributed by atoms with van der Waals surface area (Å²) < 4.78 is 7.79. The topological polar surface area (TPSA) is 56.1 Å². The van der Waals surface area contributed by atoms with Crippen molar-refractivity contribution in [2.24, 2.45) is 0 Å². The summed E-state index contributed by atoms with van der Waals surface area (Å²) in [7, 11) is 0. The van der Waals surface area contributed by atoms with Gasteiger partial charge in [0.15, 0.2) is 0 Å². The highest BCUT2D eigenvalue weighted by Crippen LogP contribution is 2.12. The first-order valence-corrected chi connectivity index (χ1v) is 9.08. The van der Waals surface area contributed by atoms with E-state index in [0.717, 1.165) is 23.7 Å². The van der Waals surface area contributed by atoms with Gasteiger partial charge < -0.3 is 14.6 Å². The molecule has 0 aliphatic rings. The summed E-state index contributed by atoms with van der Waals surface area (Å²) >= 11 is 0. The third-order valence-corrected chi connectivity index (χ3v) is 4.39. The standard InChI is InChI=1S/C22H25N3O2/c1-16-4-10-21(11-5-16)27-15-17(2)24-22(26)20-8-6-19(7-9-20)14-25-13-12-23-18(25)3/h4-13,17H,14-15H2,1-3H3,(H,24,26)/t17-/m1/s1. The molecule has 0 saturated heterocycles. The van der Waals surface area contributed by atoms with Crippen LogP contribution in [-0.2, 0) is 6.54 Å². The SMILES string of the molecule is Cc1ccc(OC[C@@H](C)NC(=O)c2ccc(Cn3ccnc3C)cc2)cc1. The molecule has 3 rings (SSSR count). The first-order chi connectivity index (χ1) is 13.0. The number of nitrogens with zero attached hydrogens (tertiary/aromatic N) is 2. The zero-order chi connectivity index (χ0) is 19.2. The van der Waals surface area contributed by atoms with E-state index in [9.17, 15) is 4.79 Å². The molecule has 1 N–H and O–H groups in total. The zero-order valence-corrected chi connectivity index (χ0v) is 16.0. The molecule has 1 aromatic heterocycles. The average molecular weight is 363 g/mol. The van der Waals surface area contributed by atoms with Crippen LogP contribution in [0.2, 0.25) is 0 Å². The fourth-order valence-electron chi connectivity index (χ4n) is 2.73. The summed E-state index contributed by atoms with van der Waals surface area (Å²) in [5.74, 6) is 1.68. The largest absolute Gasteiger partial charge is 0.491 e. The van der Waals surface area contributed by atoms with Gasteiger partial charge in [0.05, 0.1) is 6.04 Å². The number of aromatic nitrogens is 2. The Morgan fingerprint density at radius 1 is 1.11 bits per heavy atom. The Labute approximate surface area is 160 Å². The fraction of sp³-hybridized carbons (Fsp3) is 0.273. The Balaban J connectivity index is 1.51. The summed E-state index contributed by atoms with van der Waals surface area (Å²) in [6, 6.07) is 15.4. The molecule has 0 radical (unpaired) electrons. The van der Waals surface area contributed by atoms with Crippen molar-refractivity contribution < 1.29 is 9.53 Å². The van der Waals surface area contributed by atoms with E-state index in [1.165, 1.54) is 5.56 Å². The number of hydrogen-bond donors (Lipinski definition) is 1. The van der Waals surface area contributed by atoms with E-state index in [0.29, 0.717) is 12.2 Å². The molecule has 1 heterocycles. The van der Waals surface area contributed by atoms with Crippen LogP contribution in [-0.4, -0.2) is 28.1 Å². The molecule has 5 heteroatoms. The summed E-state index contributed by atoms with van der Waals surface area (Å²) in [6.07, 6.45) is 3.74. The van der Waals surface area contributed by atoms with Crippen LogP contribution < -0.4 is 10.1 Å². The number of amides is 1. The van der Waals surface area contributed by atoms with Gasteiger partial charge in [0.2, 0.25) is 0 Å². The normalized spacial score (nSPS) is 11.8. The van der Waals surface area contributed by atoms with Gasteiger partial charge in [0.25, 0.3) is 5.91 Å². The van der Waals surface area contributed by atoms with E-state index < -0.39 is 0 Å². The van der Waals surface area contributed by atoms with Gasteiger partial charge in [-0.05, 0) is 50.6 Å². The molecule has 27 heavy (non-hydrogen) atoms. The molecule has 2 aromatic carbocycles. The van der Waals surface area contributed by atoms with Gasteiger partial charge in [0, 0.05) is 24.5 Å². The van der Waals surface area contributed by atoms with Crippen molar-refractivity contribution in [3.63, 3.8) is 0 Å². The monoisotopic (exact) mass is 363 g/mol. The molecule has 0 unspecified atom stereocenters. The minimum Gasteiger partial charge on any atom is -0.491 e. The summed E-state index contributed by atoms with van der Waals surface area (Å²) in [5.41, 5.74) is 2.96. The second-order valence-corrected chi connectivity index (χ2v) is 6.80. The highest BCUT2D eigenvalue weighted by atomic mass is 16.5. The Hall–Kier alpha value is -3.08. The molecule has 0 aliphatic heterocycles. The van der Waals surface area contributed by atoms with Gasteiger partial charge >= 0.3 is 0 Å². The molecule has 140 valence electrons. The van der Waals surface area contributed by atoms with Crippen molar-refractivity contribution in [1.29, 1.82) is 0 Å². The van der Waals surface area contributed by atoms with Crippen LogP contribution in [0.4, 0.5) is 0 Å². The third-order valence-electron chi connectivity index (χ3n) is 4.39. The molecule has 5 nitrogen and oxygen atoms in total. The number of carbonyl (C=O) groups excluding carboxylic acids is 1. The molecule has 0 saturated carbocycles. The molecule has 0 bridgehead atoms. The zero-order valence-electron chi connectivity index (χ0n) is 16.0. The number of aryl methyl sites for hydroxylation is 2. The predicted octanol–water partition coefficient (Wildman–Crippen LogP) is 3.75. The molecule has 0 aliphatic carbocycles. The Kier molecular flexibility index (Phi) is 5.91. The number of ether oxygens (including phenoxy) is 1. The first kappa shape index (κ1) is 18.7. The fourth-order valence-corrected chi connectivity index (χ4v) is 2.73. The van der Waals surface area contributed by atoms with Crippen LogP contribution in [0.3, 0.4) is 0 Å². The van der Waals surface area contributed by atoms with E-state index in [-0.39, 0.29) is 11.9 Å².